The molecule has 0 fully saturated rings. The van der Waals surface area contributed by atoms with Crippen LogP contribution in [0.4, 0.5) is 4.79 Å². The van der Waals surface area contributed by atoms with Gasteiger partial charge in [-0.15, -0.1) is 0 Å². The molecule has 0 bridgehead atoms. The zero-order chi connectivity index (χ0) is 22.8. The number of carbonyl (C=O) groups excluding carboxylic acids is 3. The Morgan fingerprint density at radius 2 is 1.43 bits per heavy atom. The number of rotatable bonds is 18. The summed E-state index contributed by atoms with van der Waals surface area (Å²) in [6.07, 6.45) is 8.62. The first-order valence-electron chi connectivity index (χ1n) is 11.4. The number of ether oxygens (including phenoxy) is 1. The number of alkyl carbamates (subject to hydrolysis) is 1. The number of nitrogens with two attached hydrogens (primary N) is 2. The lowest BCUT2D eigenvalue weighted by atomic mass is 10.0. The van der Waals surface area contributed by atoms with Crippen molar-refractivity contribution in [2.45, 2.75) is 103 Å². The van der Waals surface area contributed by atoms with E-state index >= 15 is 0 Å². The number of unbranched alkanes of at least 4 members (excludes halogenated alkanes) is 6. The molecule has 0 rings (SSSR count). The Hall–Kier alpha value is -1.67. The van der Waals surface area contributed by atoms with Crippen molar-refractivity contribution in [2.75, 3.05) is 19.6 Å². The van der Waals surface area contributed by atoms with Gasteiger partial charge in [0.25, 0.3) is 0 Å². The van der Waals surface area contributed by atoms with E-state index in [1.165, 1.54) is 19.3 Å². The van der Waals surface area contributed by atoms with Gasteiger partial charge >= 0.3 is 6.09 Å². The Morgan fingerprint density at radius 1 is 0.867 bits per heavy atom. The molecule has 0 spiro atoms. The summed E-state index contributed by atoms with van der Waals surface area (Å²) >= 11 is 0. The zero-order valence-electron chi connectivity index (χ0n) is 19.3. The molecule has 0 aromatic carbocycles. The van der Waals surface area contributed by atoms with Gasteiger partial charge in [-0.05, 0) is 66.1 Å². The number of Topliss-reactive ketones (excluding diaryl/α,β-unsaturated/α-hetero) is 1. The molecule has 0 radical (unpaired) electrons. The molecule has 0 saturated heterocycles. The van der Waals surface area contributed by atoms with E-state index in [0.717, 1.165) is 51.7 Å². The molecule has 0 aliphatic carbocycles. The Kier molecular flexibility index (Phi) is 16.1. The summed E-state index contributed by atoms with van der Waals surface area (Å²) < 4.78 is 5.21. The molecule has 0 aromatic heterocycles. The number of ketones is 1. The van der Waals surface area contributed by atoms with E-state index in [1.807, 2.05) is 0 Å². The molecular weight excluding hydrogens is 384 g/mol. The van der Waals surface area contributed by atoms with Gasteiger partial charge in [0.05, 0.1) is 6.04 Å². The van der Waals surface area contributed by atoms with Gasteiger partial charge in [-0.25, -0.2) is 4.79 Å². The van der Waals surface area contributed by atoms with Gasteiger partial charge in [-0.3, -0.25) is 9.59 Å². The van der Waals surface area contributed by atoms with E-state index in [-0.39, 0.29) is 18.6 Å². The molecule has 0 aromatic rings. The summed E-state index contributed by atoms with van der Waals surface area (Å²) in [6.45, 7) is 8.04. The minimum atomic E-state index is -0.737. The first-order chi connectivity index (χ1) is 14.2. The number of amides is 2. The minimum absolute atomic E-state index is 0.0489. The monoisotopic (exact) mass is 428 g/mol. The van der Waals surface area contributed by atoms with Crippen LogP contribution >= 0.6 is 0 Å². The average Bonchev–Trinajstić information content (AvgIpc) is 2.64. The van der Waals surface area contributed by atoms with Gasteiger partial charge < -0.3 is 26.8 Å². The van der Waals surface area contributed by atoms with E-state index in [1.54, 1.807) is 20.8 Å². The van der Waals surface area contributed by atoms with Gasteiger partial charge in [0.1, 0.15) is 5.60 Å². The predicted molar refractivity (Wildman–Crippen MR) is 120 cm³/mol. The Morgan fingerprint density at radius 3 is 2.00 bits per heavy atom. The molecule has 0 aliphatic rings. The third-order valence-electron chi connectivity index (χ3n) is 4.59. The summed E-state index contributed by atoms with van der Waals surface area (Å²) in [5, 5.41) is 5.97. The molecule has 176 valence electrons. The first-order valence-corrected chi connectivity index (χ1v) is 11.4. The van der Waals surface area contributed by atoms with Crippen molar-refractivity contribution < 1.29 is 19.1 Å². The van der Waals surface area contributed by atoms with Crippen molar-refractivity contribution in [3.8, 4) is 0 Å². The normalized spacial score (nSPS) is 12.4. The lowest BCUT2D eigenvalue weighted by molar-refractivity contribution is -0.122. The smallest absolute Gasteiger partial charge is 0.408 e. The van der Waals surface area contributed by atoms with Gasteiger partial charge in [-0.2, -0.15) is 0 Å². The van der Waals surface area contributed by atoms with Crippen LogP contribution in [0.3, 0.4) is 0 Å². The maximum Gasteiger partial charge on any atom is 0.408 e. The topological polar surface area (TPSA) is 137 Å². The summed E-state index contributed by atoms with van der Waals surface area (Å²) in [4.78, 5) is 35.6. The highest BCUT2D eigenvalue weighted by Gasteiger charge is 2.24. The highest BCUT2D eigenvalue weighted by molar-refractivity contribution is 5.88. The zero-order valence-corrected chi connectivity index (χ0v) is 19.3. The van der Waals surface area contributed by atoms with E-state index in [9.17, 15) is 14.4 Å². The van der Waals surface area contributed by atoms with Gasteiger partial charge in [-0.1, -0.05) is 32.1 Å². The molecule has 30 heavy (non-hydrogen) atoms. The minimum Gasteiger partial charge on any atom is -0.444 e. The second-order valence-corrected chi connectivity index (χ2v) is 8.79. The number of nitrogens with one attached hydrogen (secondary N) is 2. The van der Waals surface area contributed by atoms with Gasteiger partial charge in [0, 0.05) is 12.8 Å². The summed E-state index contributed by atoms with van der Waals surface area (Å²) in [7, 11) is 0. The van der Waals surface area contributed by atoms with Crippen molar-refractivity contribution >= 4 is 17.8 Å². The van der Waals surface area contributed by atoms with Crippen LogP contribution < -0.4 is 22.1 Å². The quantitative estimate of drug-likeness (QED) is 0.248. The molecule has 1 atom stereocenters. The summed E-state index contributed by atoms with van der Waals surface area (Å²) in [5.74, 6) is -0.570. The third kappa shape index (κ3) is 18.4. The molecular formula is C22H44N4O4. The number of hydrogen-bond donors (Lipinski definition) is 4. The van der Waals surface area contributed by atoms with E-state index in [4.69, 9.17) is 16.2 Å². The molecule has 0 aliphatic heterocycles. The summed E-state index contributed by atoms with van der Waals surface area (Å²) in [6, 6.07) is -0.737. The SMILES string of the molecule is CC(C)(C)OC(=O)NC(CCC(N)=O)C(=O)CCCCCCCCCNCCCN. The molecule has 8 heteroatoms. The molecule has 8 nitrogen and oxygen atoms in total. The molecule has 0 heterocycles. The second kappa shape index (κ2) is 17.1. The van der Waals surface area contributed by atoms with Gasteiger partial charge in [0.15, 0.2) is 5.78 Å². The van der Waals surface area contributed by atoms with Crippen LogP contribution in [-0.2, 0) is 14.3 Å². The lowest BCUT2D eigenvalue weighted by Crippen LogP contribution is -2.44. The average molecular weight is 429 g/mol. The number of hydrogen-bond acceptors (Lipinski definition) is 6. The maximum absolute atomic E-state index is 12.5. The molecule has 1 unspecified atom stereocenters. The molecule has 0 saturated carbocycles. The summed E-state index contributed by atoms with van der Waals surface area (Å²) in [5.41, 5.74) is 9.99. The van der Waals surface area contributed by atoms with Crippen molar-refractivity contribution in [2.24, 2.45) is 11.5 Å². The first kappa shape index (κ1) is 28.3. The lowest BCUT2D eigenvalue weighted by Gasteiger charge is -2.23. The van der Waals surface area contributed by atoms with Crippen LogP contribution in [0, 0.1) is 0 Å². The van der Waals surface area contributed by atoms with E-state index < -0.39 is 23.6 Å². The van der Waals surface area contributed by atoms with Crippen molar-refractivity contribution in [1.29, 1.82) is 0 Å². The predicted octanol–water partition coefficient (Wildman–Crippen LogP) is 2.77. The second-order valence-electron chi connectivity index (χ2n) is 8.79. The number of carbonyl (C=O) groups is 3. The van der Waals surface area contributed by atoms with Crippen LogP contribution in [0.1, 0.15) is 91.4 Å². The van der Waals surface area contributed by atoms with Crippen LogP contribution in [-0.4, -0.2) is 49.1 Å². The fraction of sp³-hybridized carbons (Fsp3) is 0.864. The van der Waals surface area contributed by atoms with E-state index in [2.05, 4.69) is 10.6 Å². The Bertz CT molecular complexity index is 492. The number of primary amides is 1. The Balaban J connectivity index is 4.01. The third-order valence-corrected chi connectivity index (χ3v) is 4.59. The van der Waals surface area contributed by atoms with Crippen molar-refractivity contribution in [1.82, 2.24) is 10.6 Å². The van der Waals surface area contributed by atoms with E-state index in [0.29, 0.717) is 6.42 Å². The fourth-order valence-electron chi connectivity index (χ4n) is 3.01. The standard InChI is InChI=1S/C22H44N4O4/c1-22(2,3)30-21(29)26-18(13-14-20(24)28)19(27)12-9-7-5-4-6-8-10-16-25-17-11-15-23/h18,25H,4-17,23H2,1-3H3,(H2,24,28)(H,26,29). The van der Waals surface area contributed by atoms with Crippen LogP contribution in [0.5, 0.6) is 0 Å². The van der Waals surface area contributed by atoms with Gasteiger partial charge in [0.2, 0.25) is 5.91 Å². The van der Waals surface area contributed by atoms with Crippen LogP contribution in [0.2, 0.25) is 0 Å². The molecule has 2 amide bonds. The highest BCUT2D eigenvalue weighted by atomic mass is 16.6. The largest absolute Gasteiger partial charge is 0.444 e. The van der Waals surface area contributed by atoms with Crippen molar-refractivity contribution in [3.63, 3.8) is 0 Å². The fourth-order valence-corrected chi connectivity index (χ4v) is 3.01. The van der Waals surface area contributed by atoms with Crippen LogP contribution in [0.15, 0.2) is 0 Å². The Labute approximate surface area is 182 Å². The maximum atomic E-state index is 12.5. The molecule has 6 N–H and O–H groups in total. The van der Waals surface area contributed by atoms with Crippen molar-refractivity contribution in [3.05, 3.63) is 0 Å². The highest BCUT2D eigenvalue weighted by Crippen LogP contribution is 2.12. The van der Waals surface area contributed by atoms with Crippen LogP contribution in [0.25, 0.3) is 0 Å².